The summed E-state index contributed by atoms with van der Waals surface area (Å²) in [4.78, 5) is 2.75. The van der Waals surface area contributed by atoms with Gasteiger partial charge in [0.15, 0.2) is 0 Å². The first kappa shape index (κ1) is 9.51. The van der Waals surface area contributed by atoms with Crippen molar-refractivity contribution in [2.45, 2.75) is 52.5 Å². The standard InChI is InChI=1S/C12H23N/c1-10-5-4-6-11(10)13-8-7-12(2,3)9-13/h10-11H,4-9H2,1-3H3. The molecule has 1 heterocycles. The van der Waals surface area contributed by atoms with Crippen LogP contribution in [0.15, 0.2) is 0 Å². The van der Waals surface area contributed by atoms with Crippen molar-refractivity contribution in [3.05, 3.63) is 0 Å². The molecular weight excluding hydrogens is 158 g/mol. The zero-order valence-electron chi connectivity index (χ0n) is 9.34. The highest BCUT2D eigenvalue weighted by Gasteiger charge is 2.36. The highest BCUT2D eigenvalue weighted by molar-refractivity contribution is 4.90. The average molecular weight is 181 g/mol. The van der Waals surface area contributed by atoms with Crippen LogP contribution < -0.4 is 0 Å². The summed E-state index contributed by atoms with van der Waals surface area (Å²) in [5, 5.41) is 0. The number of hydrogen-bond acceptors (Lipinski definition) is 1. The molecule has 0 aromatic rings. The Kier molecular flexibility index (Phi) is 2.39. The monoisotopic (exact) mass is 181 g/mol. The van der Waals surface area contributed by atoms with Crippen LogP contribution in [0.1, 0.15) is 46.5 Å². The maximum atomic E-state index is 2.75. The molecule has 2 unspecified atom stereocenters. The molecule has 2 fully saturated rings. The molecule has 2 rings (SSSR count). The van der Waals surface area contributed by atoms with Gasteiger partial charge in [-0.2, -0.15) is 0 Å². The molecule has 2 aliphatic rings. The lowest BCUT2D eigenvalue weighted by molar-refractivity contribution is 0.186. The first-order valence-electron chi connectivity index (χ1n) is 5.82. The van der Waals surface area contributed by atoms with E-state index in [0.717, 1.165) is 12.0 Å². The fourth-order valence-electron chi connectivity index (χ4n) is 3.11. The highest BCUT2D eigenvalue weighted by atomic mass is 15.2. The second-order valence-electron chi connectivity index (χ2n) is 5.86. The maximum absolute atomic E-state index is 2.75. The quantitative estimate of drug-likeness (QED) is 0.601. The predicted molar refractivity (Wildman–Crippen MR) is 56.8 cm³/mol. The minimum absolute atomic E-state index is 0.586. The highest BCUT2D eigenvalue weighted by Crippen LogP contribution is 2.36. The van der Waals surface area contributed by atoms with Crippen molar-refractivity contribution in [3.8, 4) is 0 Å². The Labute approximate surface area is 82.5 Å². The van der Waals surface area contributed by atoms with Crippen LogP contribution in [0.5, 0.6) is 0 Å². The molecule has 0 aromatic carbocycles. The van der Waals surface area contributed by atoms with Gasteiger partial charge in [-0.1, -0.05) is 27.2 Å². The van der Waals surface area contributed by atoms with E-state index in [2.05, 4.69) is 25.7 Å². The summed E-state index contributed by atoms with van der Waals surface area (Å²) in [6.45, 7) is 9.94. The fraction of sp³-hybridized carbons (Fsp3) is 1.00. The van der Waals surface area contributed by atoms with Crippen LogP contribution in [0.3, 0.4) is 0 Å². The van der Waals surface area contributed by atoms with Crippen molar-refractivity contribution in [3.63, 3.8) is 0 Å². The van der Waals surface area contributed by atoms with Crippen molar-refractivity contribution >= 4 is 0 Å². The number of likely N-dealkylation sites (tertiary alicyclic amines) is 1. The van der Waals surface area contributed by atoms with Gasteiger partial charge in [-0.3, -0.25) is 4.90 Å². The number of rotatable bonds is 1. The van der Waals surface area contributed by atoms with Gasteiger partial charge in [0, 0.05) is 12.6 Å². The Morgan fingerprint density at radius 3 is 2.46 bits per heavy atom. The van der Waals surface area contributed by atoms with Gasteiger partial charge >= 0.3 is 0 Å². The molecule has 13 heavy (non-hydrogen) atoms. The summed E-state index contributed by atoms with van der Waals surface area (Å²) >= 11 is 0. The molecule has 0 aromatic heterocycles. The molecule has 1 aliphatic heterocycles. The van der Waals surface area contributed by atoms with E-state index in [1.807, 2.05) is 0 Å². The summed E-state index contributed by atoms with van der Waals surface area (Å²) in [6, 6.07) is 0.918. The maximum Gasteiger partial charge on any atom is 0.0121 e. The molecule has 1 aliphatic carbocycles. The zero-order valence-corrected chi connectivity index (χ0v) is 9.34. The van der Waals surface area contributed by atoms with Crippen molar-refractivity contribution in [2.75, 3.05) is 13.1 Å². The lowest BCUT2D eigenvalue weighted by Crippen LogP contribution is -2.36. The molecule has 0 N–H and O–H groups in total. The van der Waals surface area contributed by atoms with Crippen molar-refractivity contribution in [1.29, 1.82) is 0 Å². The topological polar surface area (TPSA) is 3.24 Å². The summed E-state index contributed by atoms with van der Waals surface area (Å²) in [5.74, 6) is 0.953. The van der Waals surface area contributed by atoms with Gasteiger partial charge < -0.3 is 0 Å². The molecule has 1 heteroatoms. The largest absolute Gasteiger partial charge is 0.300 e. The fourth-order valence-corrected chi connectivity index (χ4v) is 3.11. The van der Waals surface area contributed by atoms with Crippen LogP contribution in [-0.2, 0) is 0 Å². The van der Waals surface area contributed by atoms with Crippen LogP contribution in [-0.4, -0.2) is 24.0 Å². The lowest BCUT2D eigenvalue weighted by atomic mass is 9.93. The van der Waals surface area contributed by atoms with Crippen LogP contribution in [0, 0.1) is 11.3 Å². The van der Waals surface area contributed by atoms with Crippen molar-refractivity contribution in [1.82, 2.24) is 4.90 Å². The van der Waals surface area contributed by atoms with E-state index in [-0.39, 0.29) is 0 Å². The third-order valence-corrected chi connectivity index (χ3v) is 3.99. The first-order chi connectivity index (χ1) is 6.08. The van der Waals surface area contributed by atoms with E-state index in [0.29, 0.717) is 5.41 Å². The van der Waals surface area contributed by atoms with E-state index in [4.69, 9.17) is 0 Å². The van der Waals surface area contributed by atoms with E-state index >= 15 is 0 Å². The zero-order chi connectivity index (χ0) is 9.47. The minimum Gasteiger partial charge on any atom is -0.300 e. The molecule has 1 nitrogen and oxygen atoms in total. The normalized spacial score (nSPS) is 39.9. The summed E-state index contributed by atoms with van der Waals surface area (Å²) in [7, 11) is 0. The van der Waals surface area contributed by atoms with Gasteiger partial charge in [-0.15, -0.1) is 0 Å². The smallest absolute Gasteiger partial charge is 0.0121 e. The van der Waals surface area contributed by atoms with Gasteiger partial charge in [0.2, 0.25) is 0 Å². The van der Waals surface area contributed by atoms with Crippen LogP contribution in [0.2, 0.25) is 0 Å². The van der Waals surface area contributed by atoms with Crippen molar-refractivity contribution < 1.29 is 0 Å². The predicted octanol–water partition coefficient (Wildman–Crippen LogP) is 2.91. The molecule has 0 bridgehead atoms. The van der Waals surface area contributed by atoms with E-state index in [1.165, 1.54) is 38.8 Å². The molecule has 2 atom stereocenters. The Bertz CT molecular complexity index is 186. The summed E-state index contributed by atoms with van der Waals surface area (Å²) in [5.41, 5.74) is 0.586. The summed E-state index contributed by atoms with van der Waals surface area (Å²) in [6.07, 6.45) is 5.78. The number of hydrogen-bond donors (Lipinski definition) is 0. The van der Waals surface area contributed by atoms with E-state index < -0.39 is 0 Å². The molecule has 76 valence electrons. The molecule has 0 amide bonds. The lowest BCUT2D eigenvalue weighted by Gasteiger charge is -2.28. The third kappa shape index (κ3) is 1.90. The van der Waals surface area contributed by atoms with Gasteiger partial charge in [0.05, 0.1) is 0 Å². The number of nitrogens with zero attached hydrogens (tertiary/aromatic N) is 1. The average Bonchev–Trinajstić information content (AvgIpc) is 2.56. The van der Waals surface area contributed by atoms with Gasteiger partial charge in [0.1, 0.15) is 0 Å². The van der Waals surface area contributed by atoms with Crippen LogP contribution in [0.4, 0.5) is 0 Å². The Morgan fingerprint density at radius 1 is 1.23 bits per heavy atom. The Hall–Kier alpha value is -0.0400. The third-order valence-electron chi connectivity index (χ3n) is 3.99. The molecule has 1 saturated heterocycles. The molecule has 1 saturated carbocycles. The first-order valence-corrected chi connectivity index (χ1v) is 5.82. The summed E-state index contributed by atoms with van der Waals surface area (Å²) < 4.78 is 0. The molecule has 0 spiro atoms. The van der Waals surface area contributed by atoms with E-state index in [1.54, 1.807) is 0 Å². The Balaban J connectivity index is 1.95. The van der Waals surface area contributed by atoms with Crippen molar-refractivity contribution in [2.24, 2.45) is 11.3 Å². The van der Waals surface area contributed by atoms with Gasteiger partial charge in [-0.25, -0.2) is 0 Å². The SMILES string of the molecule is CC1CCCC1N1CCC(C)(C)C1. The molecule has 0 radical (unpaired) electrons. The van der Waals surface area contributed by atoms with Crippen LogP contribution >= 0.6 is 0 Å². The van der Waals surface area contributed by atoms with Gasteiger partial charge in [0.25, 0.3) is 0 Å². The van der Waals surface area contributed by atoms with Gasteiger partial charge in [-0.05, 0) is 37.1 Å². The Morgan fingerprint density at radius 2 is 2.00 bits per heavy atom. The minimum atomic E-state index is 0.586. The van der Waals surface area contributed by atoms with Crippen LogP contribution in [0.25, 0.3) is 0 Å². The van der Waals surface area contributed by atoms with E-state index in [9.17, 15) is 0 Å². The molecular formula is C12H23N. The second-order valence-corrected chi connectivity index (χ2v) is 5.86. The second kappa shape index (κ2) is 3.27.